The minimum atomic E-state index is 0.0128. The Hall–Kier alpha value is -2.61. The molecule has 0 aromatic heterocycles. The highest BCUT2D eigenvalue weighted by Crippen LogP contribution is 2.46. The van der Waals surface area contributed by atoms with Crippen LogP contribution < -0.4 is 0 Å². The Labute approximate surface area is 218 Å². The van der Waals surface area contributed by atoms with Gasteiger partial charge in [0.05, 0.1) is 5.92 Å². The van der Waals surface area contributed by atoms with Crippen LogP contribution in [0.1, 0.15) is 89.2 Å². The Morgan fingerprint density at radius 3 is 2.19 bits per heavy atom. The lowest BCUT2D eigenvalue weighted by Crippen LogP contribution is -2.33. The van der Waals surface area contributed by atoms with Crippen LogP contribution in [0.4, 0.5) is 0 Å². The van der Waals surface area contributed by atoms with Crippen molar-refractivity contribution in [3.63, 3.8) is 0 Å². The van der Waals surface area contributed by atoms with Crippen LogP contribution in [0, 0.1) is 23.7 Å². The molecule has 192 valence electrons. The summed E-state index contributed by atoms with van der Waals surface area (Å²) in [6.07, 6.45) is 17.9. The van der Waals surface area contributed by atoms with Crippen LogP contribution in [0.5, 0.6) is 0 Å². The topological polar surface area (TPSA) is 26.3 Å². The zero-order valence-corrected chi connectivity index (χ0v) is 22.5. The van der Waals surface area contributed by atoms with Crippen molar-refractivity contribution >= 4 is 5.97 Å². The molecular weight excluding hydrogens is 440 g/mol. The van der Waals surface area contributed by atoms with E-state index in [2.05, 4.69) is 93.6 Å². The van der Waals surface area contributed by atoms with Crippen molar-refractivity contribution in [3.8, 4) is 11.1 Å². The van der Waals surface area contributed by atoms with Gasteiger partial charge >= 0.3 is 5.97 Å². The first-order chi connectivity index (χ1) is 17.7. The monoisotopic (exact) mass is 484 g/mol. The normalized spacial score (nSPS) is 22.9. The van der Waals surface area contributed by atoms with Crippen LogP contribution in [0.15, 0.2) is 72.8 Å². The lowest BCUT2D eigenvalue weighted by atomic mass is 9.71. The van der Waals surface area contributed by atoms with E-state index in [1.165, 1.54) is 41.5 Å². The second-order valence-corrected chi connectivity index (χ2v) is 10.8. The number of esters is 1. The third-order valence-corrected chi connectivity index (χ3v) is 8.68. The molecule has 0 radical (unpaired) electrons. The Kier molecular flexibility index (Phi) is 9.61. The van der Waals surface area contributed by atoms with Crippen molar-refractivity contribution in [2.45, 2.75) is 78.1 Å². The fourth-order valence-electron chi connectivity index (χ4n) is 6.79. The van der Waals surface area contributed by atoms with E-state index in [9.17, 15) is 4.79 Å². The predicted octanol–water partition coefficient (Wildman–Crippen LogP) is 9.11. The SMILES string of the molecule is CC=CCCC(C)C1CCCCC(C(=O)OCC2c3ccccc3-c3ccccc32)C1CCC=CC. The minimum Gasteiger partial charge on any atom is -0.464 e. The van der Waals surface area contributed by atoms with Crippen molar-refractivity contribution < 1.29 is 9.53 Å². The lowest BCUT2D eigenvalue weighted by molar-refractivity contribution is -0.152. The van der Waals surface area contributed by atoms with Crippen LogP contribution in [0.3, 0.4) is 0 Å². The molecule has 0 saturated heterocycles. The van der Waals surface area contributed by atoms with Gasteiger partial charge in [0.15, 0.2) is 0 Å². The first kappa shape index (κ1) is 26.5. The minimum absolute atomic E-state index is 0.0128. The number of carbonyl (C=O) groups excluding carboxylic acids is 1. The van der Waals surface area contributed by atoms with E-state index in [1.807, 2.05) is 0 Å². The molecule has 4 atom stereocenters. The standard InChI is InChI=1S/C34H44O2/c1-4-6-8-16-25(3)26-17-10-15-23-32(27(26)18-9-7-5-2)34(35)36-24-33-30-21-13-11-19-28(30)29-20-12-14-22-31(29)33/h4-7,11-14,19-22,25-27,32-33H,8-10,15-18,23-24H2,1-3H3. The fraction of sp³-hybridized carbons (Fsp3) is 0.500. The molecule has 2 aromatic rings. The molecule has 36 heavy (non-hydrogen) atoms. The van der Waals surface area contributed by atoms with Gasteiger partial charge in [-0.15, -0.1) is 0 Å². The van der Waals surface area contributed by atoms with Gasteiger partial charge in [0.25, 0.3) is 0 Å². The van der Waals surface area contributed by atoms with E-state index in [0.29, 0.717) is 24.4 Å². The second kappa shape index (κ2) is 13.1. The number of hydrogen-bond donors (Lipinski definition) is 0. The number of ether oxygens (including phenoxy) is 1. The summed E-state index contributed by atoms with van der Waals surface area (Å²) >= 11 is 0. The highest BCUT2D eigenvalue weighted by Gasteiger charge is 2.39. The highest BCUT2D eigenvalue weighted by molar-refractivity contribution is 5.79. The molecule has 0 bridgehead atoms. The molecule has 2 heteroatoms. The number of hydrogen-bond acceptors (Lipinski definition) is 2. The van der Waals surface area contributed by atoms with Gasteiger partial charge in [0.1, 0.15) is 6.61 Å². The fourth-order valence-corrected chi connectivity index (χ4v) is 6.79. The molecule has 0 spiro atoms. The molecule has 0 N–H and O–H groups in total. The summed E-state index contributed by atoms with van der Waals surface area (Å²) in [5, 5.41) is 0. The van der Waals surface area contributed by atoms with Crippen molar-refractivity contribution in [3.05, 3.63) is 84.0 Å². The first-order valence-electron chi connectivity index (χ1n) is 14.2. The average Bonchev–Trinajstić information content (AvgIpc) is 3.06. The zero-order chi connectivity index (χ0) is 25.3. The second-order valence-electron chi connectivity index (χ2n) is 10.8. The average molecular weight is 485 g/mol. The molecule has 2 aliphatic rings. The third kappa shape index (κ3) is 6.02. The quantitative estimate of drug-likeness (QED) is 0.191. The molecule has 2 aromatic carbocycles. The number of rotatable bonds is 10. The summed E-state index contributed by atoms with van der Waals surface area (Å²) in [6, 6.07) is 17.2. The predicted molar refractivity (Wildman–Crippen MR) is 151 cm³/mol. The zero-order valence-electron chi connectivity index (χ0n) is 22.5. The van der Waals surface area contributed by atoms with E-state index in [1.54, 1.807) is 0 Å². The summed E-state index contributed by atoms with van der Waals surface area (Å²) in [5.41, 5.74) is 5.13. The number of fused-ring (bicyclic) bond motifs is 3. The Morgan fingerprint density at radius 2 is 1.53 bits per heavy atom. The molecule has 2 aliphatic carbocycles. The number of benzene rings is 2. The molecule has 2 nitrogen and oxygen atoms in total. The summed E-state index contributed by atoms with van der Waals surface area (Å²) in [6.45, 7) is 7.04. The van der Waals surface area contributed by atoms with Gasteiger partial charge in [-0.3, -0.25) is 4.79 Å². The molecule has 0 heterocycles. The lowest BCUT2D eigenvalue weighted by Gasteiger charge is -2.34. The van der Waals surface area contributed by atoms with E-state index < -0.39 is 0 Å². The Morgan fingerprint density at radius 1 is 0.917 bits per heavy atom. The Bertz CT molecular complexity index is 1000. The third-order valence-electron chi connectivity index (χ3n) is 8.68. The van der Waals surface area contributed by atoms with E-state index in [-0.39, 0.29) is 17.8 Å². The maximum absolute atomic E-state index is 13.8. The highest BCUT2D eigenvalue weighted by atomic mass is 16.5. The van der Waals surface area contributed by atoms with Crippen LogP contribution >= 0.6 is 0 Å². The van der Waals surface area contributed by atoms with E-state index in [0.717, 1.165) is 32.1 Å². The van der Waals surface area contributed by atoms with E-state index >= 15 is 0 Å². The van der Waals surface area contributed by atoms with Gasteiger partial charge in [0, 0.05) is 5.92 Å². The van der Waals surface area contributed by atoms with Gasteiger partial charge in [-0.25, -0.2) is 0 Å². The molecular formula is C34H44O2. The molecule has 0 aliphatic heterocycles. The summed E-state index contributed by atoms with van der Waals surface area (Å²) < 4.78 is 6.23. The maximum Gasteiger partial charge on any atom is 0.309 e. The molecule has 1 saturated carbocycles. The van der Waals surface area contributed by atoms with Crippen LogP contribution in [0.2, 0.25) is 0 Å². The number of carbonyl (C=O) groups is 1. The van der Waals surface area contributed by atoms with Gasteiger partial charge in [-0.1, -0.05) is 92.6 Å². The van der Waals surface area contributed by atoms with Crippen LogP contribution in [0.25, 0.3) is 11.1 Å². The largest absolute Gasteiger partial charge is 0.464 e. The first-order valence-corrected chi connectivity index (χ1v) is 14.2. The van der Waals surface area contributed by atoms with Gasteiger partial charge in [0.2, 0.25) is 0 Å². The maximum atomic E-state index is 13.8. The molecule has 4 unspecified atom stereocenters. The number of allylic oxidation sites excluding steroid dienone is 4. The Balaban J connectivity index is 1.51. The van der Waals surface area contributed by atoms with Gasteiger partial charge in [-0.2, -0.15) is 0 Å². The van der Waals surface area contributed by atoms with E-state index in [4.69, 9.17) is 4.74 Å². The van der Waals surface area contributed by atoms with Crippen molar-refractivity contribution in [1.82, 2.24) is 0 Å². The van der Waals surface area contributed by atoms with Crippen LogP contribution in [-0.2, 0) is 9.53 Å². The molecule has 1 fully saturated rings. The molecule has 4 rings (SSSR count). The van der Waals surface area contributed by atoms with Crippen molar-refractivity contribution in [2.24, 2.45) is 23.7 Å². The van der Waals surface area contributed by atoms with Gasteiger partial charge in [-0.05, 0) is 92.4 Å². The summed E-state index contributed by atoms with van der Waals surface area (Å²) in [7, 11) is 0. The van der Waals surface area contributed by atoms with Crippen molar-refractivity contribution in [2.75, 3.05) is 6.61 Å². The van der Waals surface area contributed by atoms with Gasteiger partial charge < -0.3 is 4.74 Å². The summed E-state index contributed by atoms with van der Waals surface area (Å²) in [4.78, 5) is 13.8. The smallest absolute Gasteiger partial charge is 0.309 e. The van der Waals surface area contributed by atoms with Crippen LogP contribution in [-0.4, -0.2) is 12.6 Å². The molecule has 0 amide bonds. The van der Waals surface area contributed by atoms with Crippen molar-refractivity contribution in [1.29, 1.82) is 0 Å². The summed E-state index contributed by atoms with van der Waals surface area (Å²) in [5.74, 6) is 1.80.